The highest BCUT2D eigenvalue weighted by Gasteiger charge is 2.23. The molecule has 2 atom stereocenters. The molecule has 0 spiro atoms. The molecule has 0 aromatic heterocycles. The predicted octanol–water partition coefficient (Wildman–Crippen LogP) is 3.18. The summed E-state index contributed by atoms with van der Waals surface area (Å²) in [5, 5.41) is 2.63. The number of hydrogen-bond acceptors (Lipinski definition) is 6. The summed E-state index contributed by atoms with van der Waals surface area (Å²) < 4.78 is 33.7. The molecule has 0 fully saturated rings. The first-order valence-electron chi connectivity index (χ1n) is 8.49. The van der Waals surface area contributed by atoms with Crippen molar-refractivity contribution in [2.45, 2.75) is 26.1 Å². The van der Waals surface area contributed by atoms with Crippen LogP contribution < -0.4 is 19.5 Å². The lowest BCUT2D eigenvalue weighted by atomic mass is 10.2. The van der Waals surface area contributed by atoms with Gasteiger partial charge < -0.3 is 24.3 Å². The second kappa shape index (κ2) is 9.59. The zero-order valence-corrected chi connectivity index (χ0v) is 16.0. The van der Waals surface area contributed by atoms with Crippen LogP contribution in [0.3, 0.4) is 0 Å². The summed E-state index contributed by atoms with van der Waals surface area (Å²) in [5.74, 6) is -0.372. The van der Waals surface area contributed by atoms with Gasteiger partial charge in [-0.25, -0.2) is 9.18 Å². The number of ether oxygens (including phenoxy) is 4. The van der Waals surface area contributed by atoms with Crippen molar-refractivity contribution in [3.63, 3.8) is 0 Å². The number of halogens is 1. The summed E-state index contributed by atoms with van der Waals surface area (Å²) in [4.78, 5) is 24.4. The van der Waals surface area contributed by atoms with Gasteiger partial charge in [0.2, 0.25) is 0 Å². The van der Waals surface area contributed by atoms with E-state index in [1.54, 1.807) is 18.2 Å². The van der Waals surface area contributed by atoms with E-state index in [4.69, 9.17) is 18.9 Å². The summed E-state index contributed by atoms with van der Waals surface area (Å²) in [6.45, 7) is 2.92. The average Bonchev–Trinajstić information content (AvgIpc) is 2.69. The molecule has 1 N–H and O–H groups in total. The minimum Gasteiger partial charge on any atom is -0.493 e. The van der Waals surface area contributed by atoms with Crippen LogP contribution in [0, 0.1) is 5.82 Å². The first kappa shape index (κ1) is 21.0. The van der Waals surface area contributed by atoms with Crippen LogP contribution in [0.1, 0.15) is 13.8 Å². The predicted molar refractivity (Wildman–Crippen MR) is 100 cm³/mol. The Morgan fingerprint density at radius 1 is 0.929 bits per heavy atom. The maximum absolute atomic E-state index is 12.9. The number of esters is 1. The third kappa shape index (κ3) is 5.60. The van der Waals surface area contributed by atoms with Gasteiger partial charge in [-0.3, -0.25) is 4.79 Å². The molecule has 2 aromatic carbocycles. The van der Waals surface area contributed by atoms with Crippen LogP contribution >= 0.6 is 0 Å². The van der Waals surface area contributed by atoms with Crippen molar-refractivity contribution >= 4 is 17.6 Å². The number of nitrogens with one attached hydrogen (secondary N) is 1. The van der Waals surface area contributed by atoms with E-state index in [-0.39, 0.29) is 0 Å². The van der Waals surface area contributed by atoms with Crippen molar-refractivity contribution in [1.29, 1.82) is 0 Å². The van der Waals surface area contributed by atoms with Gasteiger partial charge in [0.05, 0.1) is 14.2 Å². The lowest BCUT2D eigenvalue weighted by Gasteiger charge is -2.18. The lowest BCUT2D eigenvalue weighted by molar-refractivity contribution is -0.159. The molecule has 0 saturated heterocycles. The maximum Gasteiger partial charge on any atom is 0.347 e. The van der Waals surface area contributed by atoms with E-state index in [9.17, 15) is 14.0 Å². The molecule has 0 aliphatic rings. The maximum atomic E-state index is 12.9. The Morgan fingerprint density at radius 3 is 2.18 bits per heavy atom. The second-order valence-electron chi connectivity index (χ2n) is 5.85. The van der Waals surface area contributed by atoms with Crippen molar-refractivity contribution in [3.05, 3.63) is 48.3 Å². The molecule has 150 valence electrons. The standard InChI is InChI=1S/C20H22FNO6/c1-12(19(23)22-15-7-10-17(25-3)18(11-15)26-4)28-20(24)13(2)27-16-8-5-14(21)6-9-16/h5-13H,1-4H3,(H,22,23)/t12-,13+/m0/s1. The molecule has 0 saturated carbocycles. The highest BCUT2D eigenvalue weighted by Crippen LogP contribution is 2.29. The van der Waals surface area contributed by atoms with Gasteiger partial charge in [0.25, 0.3) is 5.91 Å². The van der Waals surface area contributed by atoms with Gasteiger partial charge in [0.15, 0.2) is 23.7 Å². The van der Waals surface area contributed by atoms with Gasteiger partial charge in [0, 0.05) is 11.8 Å². The number of anilines is 1. The van der Waals surface area contributed by atoms with Crippen LogP contribution in [0.15, 0.2) is 42.5 Å². The Balaban J connectivity index is 1.92. The first-order chi connectivity index (χ1) is 13.3. The highest BCUT2D eigenvalue weighted by atomic mass is 19.1. The molecule has 0 heterocycles. The zero-order chi connectivity index (χ0) is 20.7. The van der Waals surface area contributed by atoms with Crippen molar-refractivity contribution in [1.82, 2.24) is 0 Å². The van der Waals surface area contributed by atoms with Crippen LogP contribution in [-0.2, 0) is 14.3 Å². The minimum atomic E-state index is -1.06. The molecule has 0 bridgehead atoms. The fourth-order valence-electron chi connectivity index (χ4n) is 2.25. The Labute approximate surface area is 162 Å². The Kier molecular flexibility index (Phi) is 7.20. The topological polar surface area (TPSA) is 83.1 Å². The van der Waals surface area contributed by atoms with Gasteiger partial charge in [-0.1, -0.05) is 0 Å². The van der Waals surface area contributed by atoms with E-state index in [1.165, 1.54) is 52.3 Å². The molecule has 1 amide bonds. The highest BCUT2D eigenvalue weighted by molar-refractivity contribution is 5.95. The molecular formula is C20H22FNO6. The summed E-state index contributed by atoms with van der Waals surface area (Å²) in [5.41, 5.74) is 0.459. The fourth-order valence-corrected chi connectivity index (χ4v) is 2.25. The van der Waals surface area contributed by atoms with E-state index in [2.05, 4.69) is 5.32 Å². The quantitative estimate of drug-likeness (QED) is 0.696. The summed E-state index contributed by atoms with van der Waals surface area (Å²) >= 11 is 0. The van der Waals surface area contributed by atoms with Gasteiger partial charge in [-0.2, -0.15) is 0 Å². The van der Waals surface area contributed by atoms with E-state index < -0.39 is 29.9 Å². The van der Waals surface area contributed by atoms with E-state index >= 15 is 0 Å². The van der Waals surface area contributed by atoms with Gasteiger partial charge >= 0.3 is 5.97 Å². The van der Waals surface area contributed by atoms with Crippen LogP contribution in [0.2, 0.25) is 0 Å². The Hall–Kier alpha value is -3.29. The van der Waals surface area contributed by atoms with Crippen molar-refractivity contribution in [2.75, 3.05) is 19.5 Å². The molecule has 0 radical (unpaired) electrons. The molecule has 2 rings (SSSR count). The number of benzene rings is 2. The molecule has 2 aromatic rings. The Morgan fingerprint density at radius 2 is 1.57 bits per heavy atom. The molecule has 7 nitrogen and oxygen atoms in total. The number of methoxy groups -OCH3 is 2. The SMILES string of the molecule is COc1ccc(NC(=O)[C@H](C)OC(=O)[C@@H](C)Oc2ccc(F)cc2)cc1OC. The molecule has 0 unspecified atom stereocenters. The first-order valence-corrected chi connectivity index (χ1v) is 8.49. The number of carbonyl (C=O) groups excluding carboxylic acids is 2. The number of carbonyl (C=O) groups is 2. The summed E-state index contributed by atoms with van der Waals surface area (Å²) in [6.07, 6.45) is -2.03. The third-order valence-corrected chi connectivity index (χ3v) is 3.77. The van der Waals surface area contributed by atoms with Gasteiger partial charge in [-0.15, -0.1) is 0 Å². The minimum absolute atomic E-state index is 0.313. The molecule has 0 aliphatic heterocycles. The molecular weight excluding hydrogens is 369 g/mol. The van der Waals surface area contributed by atoms with E-state index in [1.807, 2.05) is 0 Å². The average molecular weight is 391 g/mol. The molecule has 8 heteroatoms. The largest absolute Gasteiger partial charge is 0.493 e. The zero-order valence-electron chi connectivity index (χ0n) is 16.0. The van der Waals surface area contributed by atoms with Crippen molar-refractivity contribution < 1.29 is 32.9 Å². The molecule has 0 aliphatic carbocycles. The monoisotopic (exact) mass is 391 g/mol. The van der Waals surface area contributed by atoms with Gasteiger partial charge in [0.1, 0.15) is 11.6 Å². The summed E-state index contributed by atoms with van der Waals surface area (Å²) in [6, 6.07) is 10.1. The van der Waals surface area contributed by atoms with E-state index in [0.29, 0.717) is 22.9 Å². The Bertz CT molecular complexity index is 824. The lowest BCUT2D eigenvalue weighted by Crippen LogP contribution is -2.35. The van der Waals surface area contributed by atoms with Gasteiger partial charge in [-0.05, 0) is 50.2 Å². The van der Waals surface area contributed by atoms with Crippen LogP contribution in [0.25, 0.3) is 0 Å². The number of rotatable bonds is 8. The molecule has 28 heavy (non-hydrogen) atoms. The van der Waals surface area contributed by atoms with Crippen molar-refractivity contribution in [3.8, 4) is 17.2 Å². The third-order valence-electron chi connectivity index (χ3n) is 3.77. The smallest absolute Gasteiger partial charge is 0.347 e. The summed E-state index contributed by atoms with van der Waals surface area (Å²) in [7, 11) is 2.99. The normalized spacial score (nSPS) is 12.5. The number of amides is 1. The van der Waals surface area contributed by atoms with Crippen LogP contribution in [0.5, 0.6) is 17.2 Å². The number of hydrogen-bond donors (Lipinski definition) is 1. The second-order valence-corrected chi connectivity index (χ2v) is 5.85. The van der Waals surface area contributed by atoms with Crippen LogP contribution in [-0.4, -0.2) is 38.3 Å². The van der Waals surface area contributed by atoms with E-state index in [0.717, 1.165) is 0 Å². The fraction of sp³-hybridized carbons (Fsp3) is 0.300. The van der Waals surface area contributed by atoms with Crippen molar-refractivity contribution in [2.24, 2.45) is 0 Å². The van der Waals surface area contributed by atoms with Crippen LogP contribution in [0.4, 0.5) is 10.1 Å².